The van der Waals surface area contributed by atoms with Gasteiger partial charge in [-0.1, -0.05) is 6.07 Å². The number of nitriles is 1. The molecule has 0 bridgehead atoms. The third-order valence-electron chi connectivity index (χ3n) is 4.46. The maximum atomic E-state index is 12.9. The monoisotopic (exact) mass is 379 g/mol. The van der Waals surface area contributed by atoms with Gasteiger partial charge in [0, 0.05) is 32.3 Å². The molecule has 27 heavy (non-hydrogen) atoms. The number of hydrogen-bond acceptors (Lipinski definition) is 6. The van der Waals surface area contributed by atoms with Crippen LogP contribution in [-0.2, 0) is 7.05 Å². The van der Waals surface area contributed by atoms with E-state index in [-0.39, 0.29) is 12.0 Å². The summed E-state index contributed by atoms with van der Waals surface area (Å²) in [5.41, 5.74) is 1.87. The van der Waals surface area contributed by atoms with Gasteiger partial charge in [0.05, 0.1) is 23.1 Å². The average molecular weight is 379 g/mol. The maximum absolute atomic E-state index is 12.9. The minimum atomic E-state index is -0.139. The topological polar surface area (TPSA) is 84.0 Å². The smallest absolute Gasteiger partial charge is 0.272 e. The van der Waals surface area contributed by atoms with E-state index in [1.54, 1.807) is 46.3 Å². The fraction of sp³-hybridized carbons (Fsp3) is 0.263. The Labute approximate surface area is 160 Å². The van der Waals surface area contributed by atoms with Crippen LogP contribution in [0.1, 0.15) is 22.5 Å². The zero-order chi connectivity index (χ0) is 18.8. The number of thiophene rings is 1. The molecule has 1 unspecified atom stereocenters. The highest BCUT2D eigenvalue weighted by Gasteiger charge is 2.30. The lowest BCUT2D eigenvalue weighted by atomic mass is 10.3. The number of ether oxygens (including phenoxy) is 1. The van der Waals surface area contributed by atoms with Crippen LogP contribution in [0.25, 0.3) is 10.6 Å². The van der Waals surface area contributed by atoms with E-state index in [1.165, 1.54) is 0 Å². The van der Waals surface area contributed by atoms with Crippen molar-refractivity contribution in [3.8, 4) is 22.5 Å². The number of pyridine rings is 1. The Morgan fingerprint density at radius 3 is 3.07 bits per heavy atom. The summed E-state index contributed by atoms with van der Waals surface area (Å²) < 4.78 is 7.48. The minimum Gasteiger partial charge on any atom is -0.472 e. The fourth-order valence-corrected chi connectivity index (χ4v) is 3.78. The Balaban J connectivity index is 1.44. The summed E-state index contributed by atoms with van der Waals surface area (Å²) in [5.74, 6) is 0.353. The molecule has 136 valence electrons. The highest BCUT2D eigenvalue weighted by atomic mass is 32.1. The quantitative estimate of drug-likeness (QED) is 0.696. The summed E-state index contributed by atoms with van der Waals surface area (Å²) in [6.45, 7) is 1.10. The van der Waals surface area contributed by atoms with E-state index in [2.05, 4.69) is 16.2 Å². The molecule has 3 aromatic heterocycles. The van der Waals surface area contributed by atoms with Crippen LogP contribution in [0.2, 0.25) is 0 Å². The van der Waals surface area contributed by atoms with Crippen molar-refractivity contribution in [1.82, 2.24) is 19.7 Å². The number of hydrogen-bond donors (Lipinski definition) is 0. The molecule has 4 heterocycles. The van der Waals surface area contributed by atoms with Crippen LogP contribution in [0.15, 0.2) is 41.9 Å². The third kappa shape index (κ3) is 3.55. The van der Waals surface area contributed by atoms with Gasteiger partial charge in [-0.3, -0.25) is 9.48 Å². The third-order valence-corrected chi connectivity index (χ3v) is 5.35. The van der Waals surface area contributed by atoms with Crippen LogP contribution < -0.4 is 4.74 Å². The van der Waals surface area contributed by atoms with E-state index in [9.17, 15) is 4.79 Å². The fourth-order valence-electron chi connectivity index (χ4n) is 3.10. The number of likely N-dealkylation sites (tertiary alicyclic amines) is 1. The second-order valence-electron chi connectivity index (χ2n) is 6.29. The van der Waals surface area contributed by atoms with Crippen LogP contribution in [0.4, 0.5) is 0 Å². The Morgan fingerprint density at radius 1 is 1.41 bits per heavy atom. The molecule has 1 aliphatic heterocycles. The number of amides is 1. The summed E-state index contributed by atoms with van der Waals surface area (Å²) >= 11 is 1.60. The van der Waals surface area contributed by atoms with Crippen LogP contribution in [0.5, 0.6) is 5.88 Å². The molecule has 0 radical (unpaired) electrons. The van der Waals surface area contributed by atoms with Crippen LogP contribution in [0, 0.1) is 11.3 Å². The zero-order valence-corrected chi connectivity index (χ0v) is 15.5. The molecule has 1 aliphatic rings. The molecule has 4 rings (SSSR count). The van der Waals surface area contributed by atoms with Gasteiger partial charge in [0.2, 0.25) is 5.88 Å². The molecule has 0 spiro atoms. The number of carbonyl (C=O) groups excluding carboxylic acids is 1. The molecule has 1 amide bonds. The Kier molecular flexibility index (Phi) is 4.60. The van der Waals surface area contributed by atoms with Crippen molar-refractivity contribution >= 4 is 17.2 Å². The van der Waals surface area contributed by atoms with Crippen molar-refractivity contribution < 1.29 is 9.53 Å². The Bertz CT molecular complexity index is 1010. The number of rotatable bonds is 4. The van der Waals surface area contributed by atoms with E-state index in [0.29, 0.717) is 30.2 Å². The lowest BCUT2D eigenvalue weighted by molar-refractivity contribution is 0.0760. The van der Waals surface area contributed by atoms with Crippen molar-refractivity contribution in [3.63, 3.8) is 0 Å². The molecule has 0 aromatic carbocycles. The Morgan fingerprint density at radius 2 is 2.30 bits per heavy atom. The van der Waals surface area contributed by atoms with E-state index in [1.807, 2.05) is 23.6 Å². The van der Waals surface area contributed by atoms with Crippen molar-refractivity contribution in [2.24, 2.45) is 7.05 Å². The van der Waals surface area contributed by atoms with E-state index < -0.39 is 0 Å². The average Bonchev–Trinajstić information content (AvgIpc) is 3.42. The first-order chi connectivity index (χ1) is 13.1. The van der Waals surface area contributed by atoms with Crippen molar-refractivity contribution in [3.05, 3.63) is 53.2 Å². The molecule has 7 nitrogen and oxygen atoms in total. The predicted octanol–water partition coefficient (Wildman–Crippen LogP) is 2.71. The Hall–Kier alpha value is -3.18. The molecular formula is C19H17N5O2S. The number of nitrogens with zero attached hydrogens (tertiary/aromatic N) is 5. The number of aromatic nitrogens is 3. The first-order valence-corrected chi connectivity index (χ1v) is 9.42. The van der Waals surface area contributed by atoms with Gasteiger partial charge in [0.15, 0.2) is 0 Å². The van der Waals surface area contributed by atoms with Crippen molar-refractivity contribution in [2.45, 2.75) is 12.5 Å². The molecule has 0 N–H and O–H groups in total. The van der Waals surface area contributed by atoms with Crippen molar-refractivity contribution in [1.29, 1.82) is 5.26 Å². The summed E-state index contributed by atoms with van der Waals surface area (Å²) in [6.07, 6.45) is 2.13. The van der Waals surface area contributed by atoms with Gasteiger partial charge >= 0.3 is 0 Å². The van der Waals surface area contributed by atoms with E-state index >= 15 is 0 Å². The SMILES string of the molecule is Cn1nc(-c2cccs2)cc1C(=O)N1CCC(Oc2cc(C#N)ccn2)C1. The molecule has 0 saturated carbocycles. The molecular weight excluding hydrogens is 362 g/mol. The summed E-state index contributed by atoms with van der Waals surface area (Å²) in [6, 6.07) is 11.1. The van der Waals surface area contributed by atoms with Crippen LogP contribution in [0.3, 0.4) is 0 Å². The first-order valence-electron chi connectivity index (χ1n) is 8.54. The standard InChI is InChI=1S/C19H17N5O2S/c1-23-16(10-15(22-23)17-3-2-8-27-17)19(25)24-7-5-14(12-24)26-18-9-13(11-20)4-6-21-18/h2-4,6,8-10,14H,5,7,12H2,1H3. The molecule has 8 heteroatoms. The van der Waals surface area contributed by atoms with Gasteiger partial charge in [0.1, 0.15) is 17.5 Å². The van der Waals surface area contributed by atoms with E-state index in [4.69, 9.17) is 10.00 Å². The highest BCUT2D eigenvalue weighted by molar-refractivity contribution is 7.13. The van der Waals surface area contributed by atoms with Crippen molar-refractivity contribution in [2.75, 3.05) is 13.1 Å². The summed E-state index contributed by atoms with van der Waals surface area (Å²) in [4.78, 5) is 19.8. The molecule has 0 aliphatic carbocycles. The highest BCUT2D eigenvalue weighted by Crippen LogP contribution is 2.25. The zero-order valence-electron chi connectivity index (χ0n) is 14.7. The van der Waals surface area contributed by atoms with Crippen LogP contribution >= 0.6 is 11.3 Å². The van der Waals surface area contributed by atoms with Gasteiger partial charge in [-0.05, 0) is 23.6 Å². The molecule has 1 saturated heterocycles. The van der Waals surface area contributed by atoms with Crippen LogP contribution in [-0.4, -0.2) is 44.8 Å². The van der Waals surface area contributed by atoms with Gasteiger partial charge in [-0.25, -0.2) is 4.98 Å². The largest absolute Gasteiger partial charge is 0.472 e. The van der Waals surface area contributed by atoms with Gasteiger partial charge in [-0.2, -0.15) is 10.4 Å². The lowest BCUT2D eigenvalue weighted by Crippen LogP contribution is -2.32. The second-order valence-corrected chi connectivity index (χ2v) is 7.24. The number of aryl methyl sites for hydroxylation is 1. The number of carbonyl (C=O) groups is 1. The van der Waals surface area contributed by atoms with Gasteiger partial charge in [-0.15, -0.1) is 11.3 Å². The maximum Gasteiger partial charge on any atom is 0.272 e. The van der Waals surface area contributed by atoms with E-state index in [0.717, 1.165) is 17.0 Å². The predicted molar refractivity (Wildman–Crippen MR) is 100 cm³/mol. The minimum absolute atomic E-state index is 0.0577. The first kappa shape index (κ1) is 17.2. The normalized spacial score (nSPS) is 16.3. The lowest BCUT2D eigenvalue weighted by Gasteiger charge is -2.17. The molecule has 3 aromatic rings. The molecule has 1 fully saturated rings. The molecule has 1 atom stereocenters. The summed E-state index contributed by atoms with van der Waals surface area (Å²) in [7, 11) is 1.78. The second kappa shape index (κ2) is 7.21. The summed E-state index contributed by atoms with van der Waals surface area (Å²) in [5, 5.41) is 15.4. The van der Waals surface area contributed by atoms with Gasteiger partial charge in [0.25, 0.3) is 5.91 Å². The van der Waals surface area contributed by atoms with Gasteiger partial charge < -0.3 is 9.64 Å².